The van der Waals surface area contributed by atoms with E-state index in [1.807, 2.05) is 91.0 Å². The number of imidazole rings is 1. The van der Waals surface area contributed by atoms with Gasteiger partial charge >= 0.3 is 0 Å². The maximum Gasteiger partial charge on any atom is 0.251 e. The van der Waals surface area contributed by atoms with Gasteiger partial charge in [0.15, 0.2) is 0 Å². The van der Waals surface area contributed by atoms with Gasteiger partial charge in [-0.05, 0) is 60.0 Å². The van der Waals surface area contributed by atoms with E-state index in [4.69, 9.17) is 14.5 Å². The topological polar surface area (TPSA) is 65.4 Å². The second kappa shape index (κ2) is 11.4. The number of ether oxygens (including phenoxy) is 2. The normalized spacial score (nSPS) is 10.8. The molecular formula is C31H29N3O3. The van der Waals surface area contributed by atoms with Gasteiger partial charge in [-0.1, -0.05) is 60.7 Å². The first kappa shape index (κ1) is 24.1. The third-order valence-corrected chi connectivity index (χ3v) is 6.24. The third kappa shape index (κ3) is 5.98. The Kier molecular flexibility index (Phi) is 7.46. The molecule has 0 aliphatic rings. The fourth-order valence-corrected chi connectivity index (χ4v) is 4.25. The highest BCUT2D eigenvalue weighted by Crippen LogP contribution is 2.22. The van der Waals surface area contributed by atoms with Gasteiger partial charge in [-0.3, -0.25) is 4.79 Å². The summed E-state index contributed by atoms with van der Waals surface area (Å²) in [6.07, 6.45) is 0.784. The Morgan fingerprint density at radius 1 is 0.838 bits per heavy atom. The van der Waals surface area contributed by atoms with Crippen LogP contribution in [0.25, 0.3) is 11.0 Å². The predicted octanol–water partition coefficient (Wildman–Crippen LogP) is 5.64. The van der Waals surface area contributed by atoms with E-state index >= 15 is 0 Å². The molecule has 1 N–H and O–H groups in total. The van der Waals surface area contributed by atoms with Gasteiger partial charge in [-0.15, -0.1) is 0 Å². The van der Waals surface area contributed by atoms with Crippen LogP contribution < -0.4 is 14.8 Å². The average Bonchev–Trinajstić information content (AvgIpc) is 3.29. The van der Waals surface area contributed by atoms with Crippen molar-refractivity contribution in [2.24, 2.45) is 0 Å². The van der Waals surface area contributed by atoms with Crippen LogP contribution in [0.5, 0.6) is 11.5 Å². The van der Waals surface area contributed by atoms with E-state index in [1.54, 1.807) is 7.11 Å². The Morgan fingerprint density at radius 2 is 1.57 bits per heavy atom. The van der Waals surface area contributed by atoms with E-state index < -0.39 is 0 Å². The summed E-state index contributed by atoms with van der Waals surface area (Å²) < 4.78 is 13.5. The second-order valence-electron chi connectivity index (χ2n) is 8.76. The van der Waals surface area contributed by atoms with Crippen molar-refractivity contribution in [1.82, 2.24) is 14.9 Å². The summed E-state index contributed by atoms with van der Waals surface area (Å²) in [7, 11) is 1.66. The number of hydrogen-bond acceptors (Lipinski definition) is 4. The molecule has 186 valence electrons. The number of methoxy groups -OCH3 is 1. The van der Waals surface area contributed by atoms with Gasteiger partial charge in [-0.2, -0.15) is 0 Å². The lowest BCUT2D eigenvalue weighted by molar-refractivity contribution is 0.0954. The molecule has 0 atom stereocenters. The van der Waals surface area contributed by atoms with Crippen molar-refractivity contribution in [2.75, 3.05) is 13.7 Å². The molecule has 0 aliphatic carbocycles. The van der Waals surface area contributed by atoms with Crippen LogP contribution in [0, 0.1) is 0 Å². The molecule has 5 rings (SSSR count). The van der Waals surface area contributed by atoms with Gasteiger partial charge in [0.05, 0.1) is 18.1 Å². The molecule has 0 saturated heterocycles. The summed E-state index contributed by atoms with van der Waals surface area (Å²) in [5, 5.41) is 3.02. The lowest BCUT2D eigenvalue weighted by atomic mass is 10.1. The molecule has 6 nitrogen and oxygen atoms in total. The first-order chi connectivity index (χ1) is 18.2. The van der Waals surface area contributed by atoms with Crippen molar-refractivity contribution in [1.29, 1.82) is 0 Å². The number of benzene rings is 4. The monoisotopic (exact) mass is 491 g/mol. The van der Waals surface area contributed by atoms with E-state index in [2.05, 4.69) is 22.0 Å². The summed E-state index contributed by atoms with van der Waals surface area (Å²) >= 11 is 0. The lowest BCUT2D eigenvalue weighted by Crippen LogP contribution is -2.25. The number of amides is 1. The molecule has 37 heavy (non-hydrogen) atoms. The molecule has 5 aromatic rings. The standard InChI is InChI=1S/C31H29N3O3/c1-36-26-15-12-24(13-16-26)21-34-29-17-14-25(31(35)32-19-18-23-8-4-2-5-9-23)20-28(29)33-30(34)22-37-27-10-6-3-7-11-27/h2-17,20H,18-19,21-22H2,1H3,(H,32,35). The van der Waals surface area contributed by atoms with Crippen LogP contribution in [-0.2, 0) is 19.6 Å². The third-order valence-electron chi connectivity index (χ3n) is 6.24. The van der Waals surface area contributed by atoms with Gasteiger partial charge in [-0.25, -0.2) is 4.98 Å². The van der Waals surface area contributed by atoms with Crippen LogP contribution in [0.2, 0.25) is 0 Å². The number of nitrogens with zero attached hydrogens (tertiary/aromatic N) is 2. The average molecular weight is 492 g/mol. The first-order valence-electron chi connectivity index (χ1n) is 12.3. The molecule has 1 heterocycles. The largest absolute Gasteiger partial charge is 0.497 e. The zero-order chi connectivity index (χ0) is 25.5. The number of carbonyl (C=O) groups excluding carboxylic acids is 1. The summed E-state index contributed by atoms with van der Waals surface area (Å²) in [6.45, 7) is 1.51. The highest BCUT2D eigenvalue weighted by molar-refractivity contribution is 5.97. The minimum absolute atomic E-state index is 0.107. The Morgan fingerprint density at radius 3 is 2.30 bits per heavy atom. The smallest absolute Gasteiger partial charge is 0.251 e. The Hall–Kier alpha value is -4.58. The SMILES string of the molecule is COc1ccc(Cn2c(COc3ccccc3)nc3cc(C(=O)NCCc4ccccc4)ccc32)cc1. The maximum absolute atomic E-state index is 12.9. The van der Waals surface area contributed by atoms with Crippen LogP contribution in [-0.4, -0.2) is 29.1 Å². The van der Waals surface area contributed by atoms with Crippen LogP contribution in [0.3, 0.4) is 0 Å². The number of carbonyl (C=O) groups is 1. The van der Waals surface area contributed by atoms with Gasteiger partial charge in [0, 0.05) is 18.7 Å². The van der Waals surface area contributed by atoms with Gasteiger partial charge in [0.25, 0.3) is 5.91 Å². The molecule has 0 fully saturated rings. The number of fused-ring (bicyclic) bond motifs is 1. The number of aromatic nitrogens is 2. The van der Waals surface area contributed by atoms with E-state index in [0.29, 0.717) is 25.3 Å². The molecular weight excluding hydrogens is 462 g/mol. The van der Waals surface area contributed by atoms with Crippen molar-refractivity contribution < 1.29 is 14.3 Å². The minimum Gasteiger partial charge on any atom is -0.497 e. The number of para-hydroxylation sites is 1. The molecule has 0 unspecified atom stereocenters. The van der Waals surface area contributed by atoms with Crippen molar-refractivity contribution >= 4 is 16.9 Å². The number of nitrogens with one attached hydrogen (secondary N) is 1. The fraction of sp³-hybridized carbons (Fsp3) is 0.161. The number of hydrogen-bond donors (Lipinski definition) is 1. The molecule has 1 amide bonds. The molecule has 1 aromatic heterocycles. The Labute approximate surface area is 216 Å². The second-order valence-corrected chi connectivity index (χ2v) is 8.76. The lowest BCUT2D eigenvalue weighted by Gasteiger charge is -2.11. The van der Waals surface area contributed by atoms with Crippen LogP contribution in [0.4, 0.5) is 0 Å². The van der Waals surface area contributed by atoms with E-state index in [1.165, 1.54) is 5.56 Å². The summed E-state index contributed by atoms with van der Waals surface area (Å²) in [5.41, 5.74) is 4.60. The quantitative estimate of drug-likeness (QED) is 0.274. The molecule has 4 aromatic carbocycles. The molecule has 0 aliphatic heterocycles. The predicted molar refractivity (Wildman–Crippen MR) is 145 cm³/mol. The zero-order valence-electron chi connectivity index (χ0n) is 20.8. The molecule has 6 heteroatoms. The van der Waals surface area contributed by atoms with Crippen molar-refractivity contribution in [3.63, 3.8) is 0 Å². The fourth-order valence-electron chi connectivity index (χ4n) is 4.25. The highest BCUT2D eigenvalue weighted by Gasteiger charge is 2.15. The zero-order valence-corrected chi connectivity index (χ0v) is 20.8. The van der Waals surface area contributed by atoms with Gasteiger partial charge in [0.1, 0.15) is 23.9 Å². The molecule has 0 radical (unpaired) electrons. The van der Waals surface area contributed by atoms with Gasteiger partial charge < -0.3 is 19.4 Å². The van der Waals surface area contributed by atoms with Crippen LogP contribution in [0.1, 0.15) is 27.3 Å². The maximum atomic E-state index is 12.9. The van der Waals surface area contributed by atoms with Crippen LogP contribution in [0.15, 0.2) is 103 Å². The summed E-state index contributed by atoms with van der Waals surface area (Å²) in [5.74, 6) is 2.28. The van der Waals surface area contributed by atoms with Crippen LogP contribution >= 0.6 is 0 Å². The molecule has 0 bridgehead atoms. The summed E-state index contributed by atoms with van der Waals surface area (Å²) in [6, 6.07) is 33.5. The van der Waals surface area contributed by atoms with Crippen molar-refractivity contribution in [3.8, 4) is 11.5 Å². The van der Waals surface area contributed by atoms with Gasteiger partial charge in [0.2, 0.25) is 0 Å². The Bertz CT molecular complexity index is 1460. The van der Waals surface area contributed by atoms with E-state index in [0.717, 1.165) is 40.3 Å². The molecule has 0 saturated carbocycles. The van der Waals surface area contributed by atoms with Crippen molar-refractivity contribution in [3.05, 3.63) is 126 Å². The van der Waals surface area contributed by atoms with E-state index in [9.17, 15) is 4.79 Å². The molecule has 0 spiro atoms. The Balaban J connectivity index is 1.37. The van der Waals surface area contributed by atoms with Crippen molar-refractivity contribution in [2.45, 2.75) is 19.6 Å². The highest BCUT2D eigenvalue weighted by atomic mass is 16.5. The minimum atomic E-state index is -0.107. The first-order valence-corrected chi connectivity index (χ1v) is 12.3. The number of rotatable bonds is 10. The summed E-state index contributed by atoms with van der Waals surface area (Å²) in [4.78, 5) is 17.7. The van der Waals surface area contributed by atoms with E-state index in [-0.39, 0.29) is 5.91 Å².